The summed E-state index contributed by atoms with van der Waals surface area (Å²) >= 11 is 0. The molecule has 5 nitrogen and oxygen atoms in total. The van der Waals surface area contributed by atoms with Gasteiger partial charge in [-0.2, -0.15) is 0 Å². The highest BCUT2D eigenvalue weighted by molar-refractivity contribution is 5.93. The van der Waals surface area contributed by atoms with Crippen LogP contribution < -0.4 is 10.6 Å². The molecule has 112 valence electrons. The molecule has 21 heavy (non-hydrogen) atoms. The van der Waals surface area contributed by atoms with Crippen LogP contribution in [0.2, 0.25) is 0 Å². The predicted molar refractivity (Wildman–Crippen MR) is 83.5 cm³/mol. The van der Waals surface area contributed by atoms with E-state index in [9.17, 15) is 9.90 Å². The smallest absolute Gasteiger partial charge is 0.319 e. The lowest BCUT2D eigenvalue weighted by molar-refractivity contribution is 0.0955. The van der Waals surface area contributed by atoms with E-state index < -0.39 is 6.10 Å². The van der Waals surface area contributed by atoms with E-state index in [1.807, 2.05) is 31.2 Å². The number of hydrogen-bond donors (Lipinski definition) is 4. The van der Waals surface area contributed by atoms with Gasteiger partial charge in [-0.3, -0.25) is 0 Å². The molecular weight excluding hydrogens is 266 g/mol. The molecule has 3 rings (SSSR count). The van der Waals surface area contributed by atoms with E-state index in [1.165, 1.54) is 0 Å². The number of aryl methyl sites for hydroxylation is 1. The van der Waals surface area contributed by atoms with E-state index in [0.29, 0.717) is 0 Å². The van der Waals surface area contributed by atoms with Gasteiger partial charge in [-0.05, 0) is 44.0 Å². The van der Waals surface area contributed by atoms with Gasteiger partial charge in [0.05, 0.1) is 12.1 Å². The number of H-pyrrole nitrogens is 1. The zero-order valence-corrected chi connectivity index (χ0v) is 12.1. The van der Waals surface area contributed by atoms with Crippen molar-refractivity contribution in [2.75, 3.05) is 5.32 Å². The van der Waals surface area contributed by atoms with Gasteiger partial charge in [0.2, 0.25) is 0 Å². The van der Waals surface area contributed by atoms with Crippen molar-refractivity contribution < 1.29 is 9.90 Å². The molecule has 2 unspecified atom stereocenters. The summed E-state index contributed by atoms with van der Waals surface area (Å²) in [4.78, 5) is 15.3. The number of nitrogens with one attached hydrogen (secondary N) is 3. The molecule has 1 fully saturated rings. The third-order valence-electron chi connectivity index (χ3n) is 4.06. The minimum atomic E-state index is -0.431. The van der Waals surface area contributed by atoms with Crippen LogP contribution in [0.15, 0.2) is 24.3 Å². The van der Waals surface area contributed by atoms with Crippen molar-refractivity contribution in [3.63, 3.8) is 0 Å². The second-order valence-electron chi connectivity index (χ2n) is 5.81. The average molecular weight is 287 g/mol. The van der Waals surface area contributed by atoms with Crippen molar-refractivity contribution in [1.29, 1.82) is 0 Å². The Morgan fingerprint density at radius 1 is 1.29 bits per heavy atom. The number of urea groups is 1. The summed E-state index contributed by atoms with van der Waals surface area (Å²) in [6, 6.07) is 7.41. The maximum atomic E-state index is 12.0. The fraction of sp³-hybridized carbons (Fsp3) is 0.438. The molecule has 2 amide bonds. The van der Waals surface area contributed by atoms with Gasteiger partial charge in [-0.15, -0.1) is 0 Å². The van der Waals surface area contributed by atoms with E-state index in [0.717, 1.165) is 48.0 Å². The van der Waals surface area contributed by atoms with Crippen molar-refractivity contribution in [3.05, 3.63) is 30.0 Å². The Morgan fingerprint density at radius 2 is 2.10 bits per heavy atom. The van der Waals surface area contributed by atoms with Gasteiger partial charge in [-0.1, -0.05) is 12.8 Å². The number of amides is 2. The van der Waals surface area contributed by atoms with Gasteiger partial charge in [0.25, 0.3) is 0 Å². The number of aliphatic hydroxyl groups is 1. The van der Waals surface area contributed by atoms with Crippen molar-refractivity contribution in [2.24, 2.45) is 0 Å². The number of fused-ring (bicyclic) bond motifs is 1. The lowest BCUT2D eigenvalue weighted by Gasteiger charge is -2.28. The van der Waals surface area contributed by atoms with Crippen LogP contribution in [-0.2, 0) is 0 Å². The summed E-state index contributed by atoms with van der Waals surface area (Å²) in [6.07, 6.45) is 3.25. The third-order valence-corrected chi connectivity index (χ3v) is 4.06. The van der Waals surface area contributed by atoms with Gasteiger partial charge < -0.3 is 20.7 Å². The van der Waals surface area contributed by atoms with Crippen molar-refractivity contribution >= 4 is 22.6 Å². The second kappa shape index (κ2) is 5.77. The summed E-state index contributed by atoms with van der Waals surface area (Å²) in [5.74, 6) is 0. The maximum Gasteiger partial charge on any atom is 0.319 e. The van der Waals surface area contributed by atoms with Crippen LogP contribution in [0.25, 0.3) is 10.9 Å². The Hall–Kier alpha value is -2.01. The average Bonchev–Trinajstić information content (AvgIpc) is 2.80. The third kappa shape index (κ3) is 3.19. The molecule has 1 aliphatic carbocycles. The topological polar surface area (TPSA) is 77.2 Å². The van der Waals surface area contributed by atoms with Gasteiger partial charge in [0.15, 0.2) is 0 Å². The fourth-order valence-corrected chi connectivity index (χ4v) is 2.97. The number of anilines is 1. The summed E-state index contributed by atoms with van der Waals surface area (Å²) in [7, 11) is 0. The molecule has 0 spiro atoms. The van der Waals surface area contributed by atoms with Gasteiger partial charge in [0.1, 0.15) is 0 Å². The molecule has 0 saturated heterocycles. The minimum Gasteiger partial charge on any atom is -0.391 e. The summed E-state index contributed by atoms with van der Waals surface area (Å²) in [6.45, 7) is 2.00. The van der Waals surface area contributed by atoms with Crippen molar-refractivity contribution in [1.82, 2.24) is 10.3 Å². The summed E-state index contributed by atoms with van der Waals surface area (Å²) in [5, 5.41) is 16.7. The molecule has 1 aromatic heterocycles. The molecule has 4 N–H and O–H groups in total. The molecule has 5 heteroatoms. The number of aliphatic hydroxyl groups excluding tert-OH is 1. The molecule has 1 aromatic carbocycles. The molecule has 2 aromatic rings. The standard InChI is InChI=1S/C16H21N3O2/c1-10-8-11-9-12(6-7-13(11)17-10)18-16(21)19-14-4-2-3-5-15(14)20/h6-9,14-15,17,20H,2-5H2,1H3,(H2,18,19,21). The lowest BCUT2D eigenvalue weighted by Crippen LogP contribution is -2.46. The van der Waals surface area contributed by atoms with Gasteiger partial charge in [0, 0.05) is 22.3 Å². The first-order chi connectivity index (χ1) is 10.1. The van der Waals surface area contributed by atoms with E-state index >= 15 is 0 Å². The Kier molecular flexibility index (Phi) is 3.84. The van der Waals surface area contributed by atoms with E-state index in [-0.39, 0.29) is 12.1 Å². The van der Waals surface area contributed by atoms with E-state index in [4.69, 9.17) is 0 Å². The number of carbonyl (C=O) groups excluding carboxylic acids is 1. The van der Waals surface area contributed by atoms with Crippen LogP contribution in [-0.4, -0.2) is 28.3 Å². The summed E-state index contributed by atoms with van der Waals surface area (Å²) < 4.78 is 0. The Morgan fingerprint density at radius 3 is 2.90 bits per heavy atom. The number of carbonyl (C=O) groups is 1. The first-order valence-corrected chi connectivity index (χ1v) is 7.47. The minimum absolute atomic E-state index is 0.142. The fourth-order valence-electron chi connectivity index (χ4n) is 2.97. The van der Waals surface area contributed by atoms with Crippen molar-refractivity contribution in [3.8, 4) is 0 Å². The molecule has 2 atom stereocenters. The lowest BCUT2D eigenvalue weighted by atomic mass is 9.93. The molecule has 0 radical (unpaired) electrons. The van der Waals surface area contributed by atoms with E-state index in [2.05, 4.69) is 15.6 Å². The molecule has 1 saturated carbocycles. The zero-order chi connectivity index (χ0) is 14.8. The van der Waals surface area contributed by atoms with E-state index in [1.54, 1.807) is 0 Å². The molecule has 1 aliphatic rings. The first kappa shape index (κ1) is 13.9. The summed E-state index contributed by atoms with van der Waals surface area (Å²) in [5.41, 5.74) is 2.90. The number of aromatic nitrogens is 1. The number of rotatable bonds is 2. The Labute approximate surface area is 123 Å². The van der Waals surface area contributed by atoms with Crippen LogP contribution in [0.1, 0.15) is 31.4 Å². The quantitative estimate of drug-likeness (QED) is 0.685. The largest absolute Gasteiger partial charge is 0.391 e. The number of hydrogen-bond acceptors (Lipinski definition) is 2. The van der Waals surface area contributed by atoms with Crippen LogP contribution in [0.3, 0.4) is 0 Å². The molecule has 0 aliphatic heterocycles. The molecular formula is C16H21N3O2. The molecule has 0 bridgehead atoms. The van der Waals surface area contributed by atoms with Crippen LogP contribution in [0, 0.1) is 6.92 Å². The van der Waals surface area contributed by atoms with Crippen LogP contribution in [0.5, 0.6) is 0 Å². The monoisotopic (exact) mass is 287 g/mol. The first-order valence-electron chi connectivity index (χ1n) is 7.47. The Balaban J connectivity index is 1.65. The maximum absolute atomic E-state index is 12.0. The highest BCUT2D eigenvalue weighted by atomic mass is 16.3. The second-order valence-corrected chi connectivity index (χ2v) is 5.81. The highest BCUT2D eigenvalue weighted by Crippen LogP contribution is 2.21. The predicted octanol–water partition coefficient (Wildman–Crippen LogP) is 2.90. The van der Waals surface area contributed by atoms with Crippen LogP contribution >= 0.6 is 0 Å². The SMILES string of the molecule is Cc1cc2cc(NC(=O)NC3CCCCC3O)ccc2[nH]1. The molecule has 1 heterocycles. The highest BCUT2D eigenvalue weighted by Gasteiger charge is 2.24. The van der Waals surface area contributed by atoms with Gasteiger partial charge >= 0.3 is 6.03 Å². The normalized spacial score (nSPS) is 22.2. The number of benzene rings is 1. The number of aromatic amines is 1. The zero-order valence-electron chi connectivity index (χ0n) is 12.1. The van der Waals surface area contributed by atoms with Gasteiger partial charge in [-0.25, -0.2) is 4.79 Å². The van der Waals surface area contributed by atoms with Crippen molar-refractivity contribution in [2.45, 2.75) is 44.8 Å². The Bertz CT molecular complexity index is 650. The van der Waals surface area contributed by atoms with Crippen LogP contribution in [0.4, 0.5) is 10.5 Å².